The molecule has 2 atom stereocenters. The molecule has 192 valence electrons. The number of piperidine rings is 1. The van der Waals surface area contributed by atoms with Crippen molar-refractivity contribution in [3.8, 4) is 0 Å². The van der Waals surface area contributed by atoms with Crippen molar-refractivity contribution in [2.45, 2.75) is 64.1 Å². The summed E-state index contributed by atoms with van der Waals surface area (Å²) in [4.78, 5) is 42.9. The Morgan fingerprint density at radius 1 is 1.03 bits per heavy atom. The Kier molecular flexibility index (Phi) is 7.23. The molecule has 0 saturated carbocycles. The predicted octanol–water partition coefficient (Wildman–Crippen LogP) is 3.54. The highest BCUT2D eigenvalue weighted by Crippen LogP contribution is 2.45. The minimum atomic E-state index is -1.46. The molecule has 0 aromatic heterocycles. The highest BCUT2D eigenvalue weighted by atomic mass is 16.5. The number of aliphatic hydroxyl groups excluding tert-OH is 1. The Hall–Kier alpha value is -3.19. The summed E-state index contributed by atoms with van der Waals surface area (Å²) < 4.78 is 5.29. The van der Waals surface area contributed by atoms with Gasteiger partial charge in [-0.25, -0.2) is 0 Å². The topological polar surface area (TPSA) is 87.2 Å². The number of amides is 2. The number of carbonyl (C=O) groups is 3. The number of rotatable bonds is 5. The van der Waals surface area contributed by atoms with Gasteiger partial charge < -0.3 is 19.6 Å². The van der Waals surface area contributed by atoms with Crippen LogP contribution in [0.15, 0.2) is 54.6 Å². The Balaban J connectivity index is 1.58. The standard InChI is InChI=1S/C29H36N2O5/c1-5-36-27(35)23-24(32)26(34)31(19-20-9-7-6-8-10-20)29(23)15-17-30(18-16-29)25(33)21-11-13-22(14-12-21)28(2,3)4/h6-14,23-24,32H,5,15-19H2,1-4H3/t23-,24+/m0/s1. The molecule has 2 heterocycles. The molecule has 7 heteroatoms. The monoisotopic (exact) mass is 492 g/mol. The SMILES string of the molecule is CCOC(=O)[C@@H]1[C@@H](O)C(=O)N(Cc2ccccc2)C12CCN(C(=O)c1ccc(C(C)(C)C)cc1)CC2. The molecule has 2 saturated heterocycles. The molecule has 0 unspecified atom stereocenters. The molecule has 0 bridgehead atoms. The fourth-order valence-corrected chi connectivity index (χ4v) is 5.54. The third-order valence-corrected chi connectivity index (χ3v) is 7.59. The van der Waals surface area contributed by atoms with Gasteiger partial charge in [0.2, 0.25) is 0 Å². The number of aliphatic hydroxyl groups is 1. The van der Waals surface area contributed by atoms with Crippen LogP contribution < -0.4 is 0 Å². The van der Waals surface area contributed by atoms with E-state index in [1.807, 2.05) is 54.6 Å². The highest BCUT2D eigenvalue weighted by Gasteiger charge is 2.62. The lowest BCUT2D eigenvalue weighted by molar-refractivity contribution is -0.156. The molecule has 2 aromatic carbocycles. The van der Waals surface area contributed by atoms with E-state index in [2.05, 4.69) is 20.8 Å². The Labute approximate surface area is 213 Å². The third-order valence-electron chi connectivity index (χ3n) is 7.59. The van der Waals surface area contributed by atoms with Crippen molar-refractivity contribution in [2.24, 2.45) is 5.92 Å². The maximum atomic E-state index is 13.3. The van der Waals surface area contributed by atoms with E-state index in [1.165, 1.54) is 0 Å². The molecule has 36 heavy (non-hydrogen) atoms. The highest BCUT2D eigenvalue weighted by molar-refractivity contribution is 5.95. The Morgan fingerprint density at radius 3 is 2.19 bits per heavy atom. The summed E-state index contributed by atoms with van der Waals surface area (Å²) in [6.07, 6.45) is -0.685. The van der Waals surface area contributed by atoms with Crippen molar-refractivity contribution in [2.75, 3.05) is 19.7 Å². The van der Waals surface area contributed by atoms with Crippen LogP contribution in [0.3, 0.4) is 0 Å². The fraction of sp³-hybridized carbons (Fsp3) is 0.483. The zero-order chi connectivity index (χ0) is 26.1. The van der Waals surface area contributed by atoms with Crippen molar-refractivity contribution in [3.63, 3.8) is 0 Å². The van der Waals surface area contributed by atoms with Gasteiger partial charge in [-0.3, -0.25) is 14.4 Å². The van der Waals surface area contributed by atoms with Gasteiger partial charge in [0.05, 0.1) is 12.1 Å². The second-order valence-electron chi connectivity index (χ2n) is 10.8. The van der Waals surface area contributed by atoms with Gasteiger partial charge in [-0.15, -0.1) is 0 Å². The summed E-state index contributed by atoms with van der Waals surface area (Å²) in [5.74, 6) is -2.09. The van der Waals surface area contributed by atoms with Crippen LogP contribution in [-0.2, 0) is 26.3 Å². The Bertz CT molecular complexity index is 1100. The quantitative estimate of drug-likeness (QED) is 0.645. The lowest BCUT2D eigenvalue weighted by Gasteiger charge is -2.47. The van der Waals surface area contributed by atoms with Crippen molar-refractivity contribution >= 4 is 17.8 Å². The van der Waals surface area contributed by atoms with Crippen LogP contribution in [0.2, 0.25) is 0 Å². The van der Waals surface area contributed by atoms with Crippen molar-refractivity contribution in [1.29, 1.82) is 0 Å². The van der Waals surface area contributed by atoms with Crippen molar-refractivity contribution in [3.05, 3.63) is 71.3 Å². The van der Waals surface area contributed by atoms with E-state index >= 15 is 0 Å². The molecule has 2 aromatic rings. The second-order valence-corrected chi connectivity index (χ2v) is 10.8. The van der Waals surface area contributed by atoms with Gasteiger partial charge in [-0.1, -0.05) is 63.2 Å². The number of hydrogen-bond acceptors (Lipinski definition) is 5. The molecule has 7 nitrogen and oxygen atoms in total. The van der Waals surface area contributed by atoms with E-state index in [9.17, 15) is 19.5 Å². The molecular formula is C29H36N2O5. The summed E-state index contributed by atoms with van der Waals surface area (Å²) in [7, 11) is 0. The minimum absolute atomic E-state index is 0.000743. The average Bonchev–Trinajstić information content (AvgIpc) is 3.05. The van der Waals surface area contributed by atoms with Gasteiger partial charge in [0.1, 0.15) is 12.0 Å². The van der Waals surface area contributed by atoms with Crippen molar-refractivity contribution in [1.82, 2.24) is 9.80 Å². The smallest absolute Gasteiger partial charge is 0.314 e. The third kappa shape index (κ3) is 4.76. The van der Waals surface area contributed by atoms with Gasteiger partial charge in [-0.2, -0.15) is 0 Å². The summed E-state index contributed by atoms with van der Waals surface area (Å²) in [5.41, 5.74) is 1.78. The summed E-state index contributed by atoms with van der Waals surface area (Å²) in [5, 5.41) is 10.9. The number of benzene rings is 2. The molecule has 0 radical (unpaired) electrons. The van der Waals surface area contributed by atoms with Crippen LogP contribution in [-0.4, -0.2) is 64.0 Å². The maximum absolute atomic E-state index is 13.3. The van der Waals surface area contributed by atoms with Gasteiger partial charge in [-0.05, 0) is 48.4 Å². The summed E-state index contributed by atoms with van der Waals surface area (Å²) in [6.45, 7) is 9.31. The molecule has 1 N–H and O–H groups in total. The van der Waals surface area contributed by atoms with E-state index < -0.39 is 29.4 Å². The van der Waals surface area contributed by atoms with Crippen LogP contribution in [0.4, 0.5) is 0 Å². The van der Waals surface area contributed by atoms with E-state index in [0.29, 0.717) is 31.5 Å². The minimum Gasteiger partial charge on any atom is -0.466 e. The van der Waals surface area contributed by atoms with Crippen LogP contribution in [0.25, 0.3) is 0 Å². The zero-order valence-electron chi connectivity index (χ0n) is 21.6. The van der Waals surface area contributed by atoms with Gasteiger partial charge in [0.15, 0.2) is 0 Å². The van der Waals surface area contributed by atoms with Crippen LogP contribution in [0, 0.1) is 5.92 Å². The van der Waals surface area contributed by atoms with Gasteiger partial charge in [0.25, 0.3) is 11.8 Å². The molecular weight excluding hydrogens is 456 g/mol. The first-order valence-corrected chi connectivity index (χ1v) is 12.7. The average molecular weight is 493 g/mol. The number of carbonyl (C=O) groups excluding carboxylic acids is 3. The molecule has 1 spiro atoms. The van der Waals surface area contributed by atoms with Crippen LogP contribution in [0.1, 0.15) is 62.0 Å². The molecule has 2 amide bonds. The van der Waals surface area contributed by atoms with E-state index in [0.717, 1.165) is 11.1 Å². The van der Waals surface area contributed by atoms with E-state index in [4.69, 9.17) is 4.74 Å². The van der Waals surface area contributed by atoms with Crippen LogP contribution >= 0.6 is 0 Å². The largest absolute Gasteiger partial charge is 0.466 e. The predicted molar refractivity (Wildman–Crippen MR) is 136 cm³/mol. The number of hydrogen-bond donors (Lipinski definition) is 1. The number of nitrogens with zero attached hydrogens (tertiary/aromatic N) is 2. The maximum Gasteiger partial charge on any atom is 0.314 e. The van der Waals surface area contributed by atoms with Crippen molar-refractivity contribution < 1.29 is 24.2 Å². The number of esters is 1. The first-order valence-electron chi connectivity index (χ1n) is 12.7. The number of ether oxygens (including phenoxy) is 1. The summed E-state index contributed by atoms with van der Waals surface area (Å²) in [6, 6.07) is 17.2. The first-order chi connectivity index (χ1) is 17.1. The second kappa shape index (κ2) is 10.1. The summed E-state index contributed by atoms with van der Waals surface area (Å²) >= 11 is 0. The first kappa shape index (κ1) is 25.9. The van der Waals surface area contributed by atoms with E-state index in [1.54, 1.807) is 16.7 Å². The van der Waals surface area contributed by atoms with Gasteiger partial charge >= 0.3 is 5.97 Å². The number of likely N-dealkylation sites (tertiary alicyclic amines) is 2. The van der Waals surface area contributed by atoms with Crippen LogP contribution in [0.5, 0.6) is 0 Å². The molecule has 4 rings (SSSR count). The normalized spacial score (nSPS) is 21.6. The lowest BCUT2D eigenvalue weighted by Crippen LogP contribution is -2.58. The molecule has 0 aliphatic carbocycles. The molecule has 2 aliphatic heterocycles. The molecule has 2 fully saturated rings. The Morgan fingerprint density at radius 2 is 1.64 bits per heavy atom. The fourth-order valence-electron chi connectivity index (χ4n) is 5.54. The lowest BCUT2D eigenvalue weighted by atomic mass is 9.75. The zero-order valence-corrected chi connectivity index (χ0v) is 21.6. The molecule has 2 aliphatic rings. The van der Waals surface area contributed by atoms with Gasteiger partial charge in [0, 0.05) is 25.2 Å². The van der Waals surface area contributed by atoms with E-state index in [-0.39, 0.29) is 24.5 Å².